The number of halogens is 1. The zero-order valence-corrected chi connectivity index (χ0v) is 14.8. The Hall–Kier alpha value is -0.710. The number of thioether (sulfide) groups is 1. The van der Waals surface area contributed by atoms with Crippen LogP contribution in [0.5, 0.6) is 0 Å². The molecule has 0 radical (unpaired) electrons. The van der Waals surface area contributed by atoms with Gasteiger partial charge in [0.15, 0.2) is 0 Å². The number of carbonyl (C=O) groups is 1. The van der Waals surface area contributed by atoms with Crippen LogP contribution in [0.3, 0.4) is 0 Å². The molecule has 1 amide bonds. The standard InChI is InChI=1S/C17H25ClN2OS/c1-2-19-11-14-7-9-20(10-8-14)17(21)13-22-12-15-3-5-16(18)6-4-15/h3-6,14,19H,2,7-13H2,1H3. The number of amides is 1. The summed E-state index contributed by atoms with van der Waals surface area (Å²) in [4.78, 5) is 14.3. The summed E-state index contributed by atoms with van der Waals surface area (Å²) in [5.74, 6) is 2.44. The van der Waals surface area contributed by atoms with E-state index in [9.17, 15) is 4.79 Å². The van der Waals surface area contributed by atoms with Crippen LogP contribution in [0.4, 0.5) is 0 Å². The summed E-state index contributed by atoms with van der Waals surface area (Å²) in [6.45, 7) is 6.08. The molecule has 0 unspecified atom stereocenters. The van der Waals surface area contributed by atoms with Crippen LogP contribution < -0.4 is 5.32 Å². The zero-order chi connectivity index (χ0) is 15.8. The normalized spacial score (nSPS) is 16.0. The number of nitrogens with zero attached hydrogens (tertiary/aromatic N) is 1. The Morgan fingerprint density at radius 1 is 1.32 bits per heavy atom. The van der Waals surface area contributed by atoms with Gasteiger partial charge in [0, 0.05) is 23.9 Å². The van der Waals surface area contributed by atoms with Gasteiger partial charge in [0.05, 0.1) is 5.75 Å². The molecule has 0 aromatic heterocycles. The average molecular weight is 341 g/mol. The van der Waals surface area contributed by atoms with E-state index in [-0.39, 0.29) is 5.91 Å². The molecule has 1 aromatic rings. The number of likely N-dealkylation sites (tertiary alicyclic amines) is 1. The highest BCUT2D eigenvalue weighted by Gasteiger charge is 2.22. The molecule has 122 valence electrons. The number of hydrogen-bond acceptors (Lipinski definition) is 3. The summed E-state index contributed by atoms with van der Waals surface area (Å²) in [5, 5.41) is 4.16. The van der Waals surface area contributed by atoms with Gasteiger partial charge in [0.1, 0.15) is 0 Å². The zero-order valence-electron chi connectivity index (χ0n) is 13.2. The lowest BCUT2D eigenvalue weighted by molar-refractivity contribution is -0.129. The largest absolute Gasteiger partial charge is 0.342 e. The van der Waals surface area contributed by atoms with Crippen LogP contribution in [0, 0.1) is 5.92 Å². The van der Waals surface area contributed by atoms with E-state index in [1.807, 2.05) is 29.2 Å². The smallest absolute Gasteiger partial charge is 0.232 e. The molecule has 1 aliphatic rings. The molecular formula is C17H25ClN2OS. The van der Waals surface area contributed by atoms with E-state index in [2.05, 4.69) is 12.2 Å². The first kappa shape index (κ1) is 17.6. The first-order valence-corrected chi connectivity index (χ1v) is 9.53. The van der Waals surface area contributed by atoms with Crippen LogP contribution >= 0.6 is 23.4 Å². The molecule has 1 heterocycles. The van der Waals surface area contributed by atoms with E-state index in [0.717, 1.165) is 55.7 Å². The molecule has 1 saturated heterocycles. The molecule has 0 bridgehead atoms. The number of piperidine rings is 1. The first-order valence-electron chi connectivity index (χ1n) is 7.99. The topological polar surface area (TPSA) is 32.3 Å². The van der Waals surface area contributed by atoms with Gasteiger partial charge in [-0.3, -0.25) is 4.79 Å². The molecule has 0 spiro atoms. The van der Waals surface area contributed by atoms with Gasteiger partial charge in [-0.15, -0.1) is 11.8 Å². The van der Waals surface area contributed by atoms with E-state index in [4.69, 9.17) is 11.6 Å². The van der Waals surface area contributed by atoms with Crippen molar-refractivity contribution in [2.45, 2.75) is 25.5 Å². The van der Waals surface area contributed by atoms with Gasteiger partial charge < -0.3 is 10.2 Å². The lowest BCUT2D eigenvalue weighted by atomic mass is 9.97. The van der Waals surface area contributed by atoms with Crippen molar-refractivity contribution < 1.29 is 4.79 Å². The van der Waals surface area contributed by atoms with Crippen molar-refractivity contribution in [1.82, 2.24) is 10.2 Å². The Kier molecular flexibility index (Phi) is 7.56. The Morgan fingerprint density at radius 3 is 2.64 bits per heavy atom. The van der Waals surface area contributed by atoms with Crippen molar-refractivity contribution in [3.8, 4) is 0 Å². The highest BCUT2D eigenvalue weighted by Crippen LogP contribution is 2.19. The van der Waals surface area contributed by atoms with Crippen LogP contribution in [0.2, 0.25) is 5.02 Å². The highest BCUT2D eigenvalue weighted by molar-refractivity contribution is 7.99. The quantitative estimate of drug-likeness (QED) is 0.825. The second-order valence-corrected chi connectivity index (χ2v) is 7.17. The Balaban J connectivity index is 1.64. The highest BCUT2D eigenvalue weighted by atomic mass is 35.5. The molecule has 1 N–H and O–H groups in total. The van der Waals surface area contributed by atoms with Gasteiger partial charge in [0.2, 0.25) is 5.91 Å². The average Bonchev–Trinajstić information content (AvgIpc) is 2.55. The Labute approximate surface area is 142 Å². The number of benzene rings is 1. The van der Waals surface area contributed by atoms with Gasteiger partial charge in [-0.2, -0.15) is 0 Å². The fraction of sp³-hybridized carbons (Fsp3) is 0.588. The monoisotopic (exact) mass is 340 g/mol. The molecule has 2 rings (SSSR count). The minimum atomic E-state index is 0.279. The van der Waals surface area contributed by atoms with Crippen molar-refractivity contribution >= 4 is 29.3 Å². The first-order chi connectivity index (χ1) is 10.7. The summed E-state index contributed by atoms with van der Waals surface area (Å²) in [7, 11) is 0. The second-order valence-electron chi connectivity index (χ2n) is 5.75. The van der Waals surface area contributed by atoms with Gasteiger partial charge in [-0.1, -0.05) is 30.7 Å². The number of rotatable bonds is 7. The van der Waals surface area contributed by atoms with Gasteiger partial charge in [-0.05, 0) is 49.5 Å². The molecule has 0 atom stereocenters. The molecule has 0 saturated carbocycles. The molecule has 1 fully saturated rings. The van der Waals surface area contributed by atoms with E-state index < -0.39 is 0 Å². The number of carbonyl (C=O) groups excluding carboxylic acids is 1. The van der Waals surface area contributed by atoms with Gasteiger partial charge >= 0.3 is 0 Å². The molecule has 0 aliphatic carbocycles. The SMILES string of the molecule is CCNCC1CCN(C(=O)CSCc2ccc(Cl)cc2)CC1. The van der Waals surface area contributed by atoms with Gasteiger partial charge in [0.25, 0.3) is 0 Å². The van der Waals surface area contributed by atoms with Crippen LogP contribution in [-0.2, 0) is 10.5 Å². The van der Waals surface area contributed by atoms with Crippen molar-refractivity contribution in [2.24, 2.45) is 5.92 Å². The van der Waals surface area contributed by atoms with E-state index in [1.165, 1.54) is 5.56 Å². The van der Waals surface area contributed by atoms with Gasteiger partial charge in [-0.25, -0.2) is 0 Å². The lowest BCUT2D eigenvalue weighted by Crippen LogP contribution is -2.41. The van der Waals surface area contributed by atoms with Crippen molar-refractivity contribution in [1.29, 1.82) is 0 Å². The maximum atomic E-state index is 12.2. The predicted molar refractivity (Wildman–Crippen MR) is 95.5 cm³/mol. The minimum absolute atomic E-state index is 0.279. The minimum Gasteiger partial charge on any atom is -0.342 e. The van der Waals surface area contributed by atoms with Crippen LogP contribution in [0.15, 0.2) is 24.3 Å². The van der Waals surface area contributed by atoms with E-state index in [1.54, 1.807) is 11.8 Å². The molecule has 3 nitrogen and oxygen atoms in total. The fourth-order valence-electron chi connectivity index (χ4n) is 2.66. The molecule has 1 aromatic carbocycles. The van der Waals surface area contributed by atoms with E-state index >= 15 is 0 Å². The molecule has 1 aliphatic heterocycles. The maximum absolute atomic E-state index is 12.2. The maximum Gasteiger partial charge on any atom is 0.232 e. The predicted octanol–water partition coefficient (Wildman–Crippen LogP) is 3.42. The van der Waals surface area contributed by atoms with Crippen molar-refractivity contribution in [3.05, 3.63) is 34.9 Å². The Morgan fingerprint density at radius 2 is 2.00 bits per heavy atom. The third kappa shape index (κ3) is 5.82. The summed E-state index contributed by atoms with van der Waals surface area (Å²) in [5.41, 5.74) is 1.21. The summed E-state index contributed by atoms with van der Waals surface area (Å²) in [6.07, 6.45) is 2.25. The van der Waals surface area contributed by atoms with E-state index in [0.29, 0.717) is 5.75 Å². The molecule has 22 heavy (non-hydrogen) atoms. The number of hydrogen-bond donors (Lipinski definition) is 1. The van der Waals surface area contributed by atoms with Crippen LogP contribution in [0.1, 0.15) is 25.3 Å². The third-order valence-electron chi connectivity index (χ3n) is 4.06. The molecule has 5 heteroatoms. The summed E-state index contributed by atoms with van der Waals surface area (Å²) >= 11 is 7.55. The van der Waals surface area contributed by atoms with Crippen LogP contribution in [0.25, 0.3) is 0 Å². The Bertz CT molecular complexity index is 458. The summed E-state index contributed by atoms with van der Waals surface area (Å²) < 4.78 is 0. The number of nitrogens with one attached hydrogen (secondary N) is 1. The second kappa shape index (κ2) is 9.43. The fourth-order valence-corrected chi connectivity index (χ4v) is 3.68. The molecular weight excluding hydrogens is 316 g/mol. The lowest BCUT2D eigenvalue weighted by Gasteiger charge is -2.32. The summed E-state index contributed by atoms with van der Waals surface area (Å²) in [6, 6.07) is 7.83. The van der Waals surface area contributed by atoms with Crippen LogP contribution in [-0.4, -0.2) is 42.7 Å². The van der Waals surface area contributed by atoms with Crippen molar-refractivity contribution in [2.75, 3.05) is 31.9 Å². The van der Waals surface area contributed by atoms with Crippen molar-refractivity contribution in [3.63, 3.8) is 0 Å². The third-order valence-corrected chi connectivity index (χ3v) is 5.30.